The Hall–Kier alpha value is -1.02. The standard InChI is InChI=1S/C15H22ClNO/c1-11-7-5-6-8-13(11)9-12(2)17-14(18)15(3,4)10-16/h5-8,12H,9-10H2,1-4H3,(H,17,18). The van der Waals surface area contributed by atoms with Crippen LogP contribution in [0, 0.1) is 12.3 Å². The fourth-order valence-corrected chi connectivity index (χ4v) is 1.82. The van der Waals surface area contributed by atoms with Gasteiger partial charge in [-0.2, -0.15) is 0 Å². The quantitative estimate of drug-likeness (QED) is 0.815. The van der Waals surface area contributed by atoms with Crippen LogP contribution in [0.5, 0.6) is 0 Å². The molecule has 0 radical (unpaired) electrons. The lowest BCUT2D eigenvalue weighted by Crippen LogP contribution is -2.43. The van der Waals surface area contributed by atoms with E-state index in [9.17, 15) is 4.79 Å². The zero-order valence-electron chi connectivity index (χ0n) is 11.6. The Kier molecular flexibility index (Phi) is 5.21. The van der Waals surface area contributed by atoms with E-state index in [2.05, 4.69) is 24.4 Å². The molecule has 18 heavy (non-hydrogen) atoms. The molecule has 0 aliphatic rings. The first-order valence-electron chi connectivity index (χ1n) is 6.28. The Morgan fingerprint density at radius 2 is 2.00 bits per heavy atom. The molecule has 1 rings (SSSR count). The highest BCUT2D eigenvalue weighted by Gasteiger charge is 2.27. The topological polar surface area (TPSA) is 29.1 Å². The molecule has 1 amide bonds. The molecule has 0 spiro atoms. The zero-order valence-corrected chi connectivity index (χ0v) is 12.3. The SMILES string of the molecule is Cc1ccccc1CC(C)NC(=O)C(C)(C)CCl. The molecule has 1 unspecified atom stereocenters. The van der Waals surface area contributed by atoms with Crippen LogP contribution in [0.1, 0.15) is 31.9 Å². The van der Waals surface area contributed by atoms with Gasteiger partial charge in [0.05, 0.1) is 5.41 Å². The summed E-state index contributed by atoms with van der Waals surface area (Å²) in [6.45, 7) is 7.83. The van der Waals surface area contributed by atoms with Crippen molar-refractivity contribution in [3.05, 3.63) is 35.4 Å². The molecule has 1 aromatic rings. The predicted octanol–water partition coefficient (Wildman–Crippen LogP) is 3.31. The number of carbonyl (C=O) groups excluding carboxylic acids is 1. The van der Waals surface area contributed by atoms with Gasteiger partial charge in [-0.3, -0.25) is 4.79 Å². The Bertz CT molecular complexity index is 415. The molecular formula is C15H22ClNO. The highest BCUT2D eigenvalue weighted by molar-refractivity contribution is 6.19. The molecule has 0 aliphatic heterocycles. The molecule has 0 aromatic heterocycles. The Morgan fingerprint density at radius 3 is 2.56 bits per heavy atom. The van der Waals surface area contributed by atoms with Crippen LogP contribution in [0.25, 0.3) is 0 Å². The average molecular weight is 268 g/mol. The third-order valence-electron chi connectivity index (χ3n) is 3.11. The van der Waals surface area contributed by atoms with Gasteiger partial charge in [-0.25, -0.2) is 0 Å². The number of hydrogen-bond acceptors (Lipinski definition) is 1. The van der Waals surface area contributed by atoms with E-state index in [0.717, 1.165) is 6.42 Å². The highest BCUT2D eigenvalue weighted by Crippen LogP contribution is 2.18. The van der Waals surface area contributed by atoms with Crippen molar-refractivity contribution in [2.75, 3.05) is 5.88 Å². The second kappa shape index (κ2) is 6.24. The van der Waals surface area contributed by atoms with Gasteiger partial charge in [-0.1, -0.05) is 24.3 Å². The van der Waals surface area contributed by atoms with Crippen molar-refractivity contribution < 1.29 is 4.79 Å². The highest BCUT2D eigenvalue weighted by atomic mass is 35.5. The van der Waals surface area contributed by atoms with E-state index < -0.39 is 5.41 Å². The first-order chi connectivity index (χ1) is 8.36. The summed E-state index contributed by atoms with van der Waals surface area (Å²) in [7, 11) is 0. The summed E-state index contributed by atoms with van der Waals surface area (Å²) >= 11 is 5.80. The fraction of sp³-hybridized carbons (Fsp3) is 0.533. The van der Waals surface area contributed by atoms with Gasteiger partial charge in [0.15, 0.2) is 0 Å². The summed E-state index contributed by atoms with van der Waals surface area (Å²) in [5, 5.41) is 3.02. The number of rotatable bonds is 5. The lowest BCUT2D eigenvalue weighted by Gasteiger charge is -2.24. The zero-order chi connectivity index (χ0) is 13.8. The van der Waals surface area contributed by atoms with Gasteiger partial charge >= 0.3 is 0 Å². The van der Waals surface area contributed by atoms with Crippen molar-refractivity contribution in [1.29, 1.82) is 0 Å². The smallest absolute Gasteiger partial charge is 0.227 e. The van der Waals surface area contributed by atoms with Crippen LogP contribution < -0.4 is 5.32 Å². The van der Waals surface area contributed by atoms with E-state index in [-0.39, 0.29) is 11.9 Å². The molecule has 0 saturated carbocycles. The summed E-state index contributed by atoms with van der Waals surface area (Å²) in [6, 6.07) is 8.36. The second-order valence-corrected chi connectivity index (χ2v) is 5.79. The number of halogens is 1. The maximum atomic E-state index is 12.0. The molecule has 0 saturated heterocycles. The molecule has 0 bridgehead atoms. The van der Waals surface area contributed by atoms with Gasteiger partial charge in [0.2, 0.25) is 5.91 Å². The van der Waals surface area contributed by atoms with Gasteiger partial charge in [0, 0.05) is 11.9 Å². The summed E-state index contributed by atoms with van der Waals surface area (Å²) in [5.41, 5.74) is 2.02. The van der Waals surface area contributed by atoms with E-state index in [0.29, 0.717) is 5.88 Å². The van der Waals surface area contributed by atoms with Gasteiger partial charge in [0.25, 0.3) is 0 Å². The number of carbonyl (C=O) groups is 1. The van der Waals surface area contributed by atoms with Crippen molar-refractivity contribution in [3.8, 4) is 0 Å². The Morgan fingerprint density at radius 1 is 1.39 bits per heavy atom. The van der Waals surface area contributed by atoms with Crippen LogP contribution in [0.15, 0.2) is 24.3 Å². The maximum Gasteiger partial charge on any atom is 0.227 e. The van der Waals surface area contributed by atoms with Gasteiger partial charge in [-0.05, 0) is 45.2 Å². The van der Waals surface area contributed by atoms with Crippen molar-refractivity contribution >= 4 is 17.5 Å². The number of amides is 1. The third kappa shape index (κ3) is 4.02. The summed E-state index contributed by atoms with van der Waals surface area (Å²) < 4.78 is 0. The van der Waals surface area contributed by atoms with Crippen molar-refractivity contribution in [2.24, 2.45) is 5.41 Å². The minimum Gasteiger partial charge on any atom is -0.353 e. The molecule has 1 aromatic carbocycles. The average Bonchev–Trinajstić information content (AvgIpc) is 2.32. The lowest BCUT2D eigenvalue weighted by molar-refractivity contribution is -0.128. The van der Waals surface area contributed by atoms with Gasteiger partial charge in [-0.15, -0.1) is 11.6 Å². The van der Waals surface area contributed by atoms with Gasteiger partial charge < -0.3 is 5.32 Å². The van der Waals surface area contributed by atoms with E-state index in [1.807, 2.05) is 32.9 Å². The lowest BCUT2D eigenvalue weighted by atomic mass is 9.94. The van der Waals surface area contributed by atoms with E-state index in [4.69, 9.17) is 11.6 Å². The minimum atomic E-state index is -0.512. The fourth-order valence-electron chi connectivity index (χ4n) is 1.70. The number of nitrogens with one attached hydrogen (secondary N) is 1. The van der Waals surface area contributed by atoms with Crippen LogP contribution in [-0.4, -0.2) is 17.8 Å². The van der Waals surface area contributed by atoms with Gasteiger partial charge in [0.1, 0.15) is 0 Å². The largest absolute Gasteiger partial charge is 0.353 e. The third-order valence-corrected chi connectivity index (χ3v) is 3.78. The molecule has 0 fully saturated rings. The van der Waals surface area contributed by atoms with Crippen molar-refractivity contribution in [1.82, 2.24) is 5.32 Å². The summed E-state index contributed by atoms with van der Waals surface area (Å²) in [6.07, 6.45) is 0.844. The van der Waals surface area contributed by atoms with Crippen LogP contribution >= 0.6 is 11.6 Å². The second-order valence-electron chi connectivity index (χ2n) is 5.52. The number of hydrogen-bond donors (Lipinski definition) is 1. The monoisotopic (exact) mass is 267 g/mol. The summed E-state index contributed by atoms with van der Waals surface area (Å²) in [5.74, 6) is 0.342. The first-order valence-corrected chi connectivity index (χ1v) is 6.81. The van der Waals surface area contributed by atoms with Crippen molar-refractivity contribution in [3.63, 3.8) is 0 Å². The predicted molar refractivity (Wildman–Crippen MR) is 77.0 cm³/mol. The molecule has 0 heterocycles. The Balaban J connectivity index is 2.60. The normalized spacial score (nSPS) is 13.2. The molecule has 3 heteroatoms. The molecule has 1 N–H and O–H groups in total. The van der Waals surface area contributed by atoms with E-state index >= 15 is 0 Å². The van der Waals surface area contributed by atoms with Crippen LogP contribution in [-0.2, 0) is 11.2 Å². The van der Waals surface area contributed by atoms with Crippen LogP contribution in [0.3, 0.4) is 0 Å². The maximum absolute atomic E-state index is 12.0. The molecule has 2 nitrogen and oxygen atoms in total. The number of benzene rings is 1. The van der Waals surface area contributed by atoms with E-state index in [1.165, 1.54) is 11.1 Å². The Labute approximate surface area is 115 Å². The van der Waals surface area contributed by atoms with Crippen LogP contribution in [0.2, 0.25) is 0 Å². The van der Waals surface area contributed by atoms with E-state index in [1.54, 1.807) is 0 Å². The molecule has 1 atom stereocenters. The number of aryl methyl sites for hydroxylation is 1. The van der Waals surface area contributed by atoms with Crippen LogP contribution in [0.4, 0.5) is 0 Å². The summed E-state index contributed by atoms with van der Waals surface area (Å²) in [4.78, 5) is 12.0. The van der Waals surface area contributed by atoms with Crippen molar-refractivity contribution in [2.45, 2.75) is 40.2 Å². The molecular weight excluding hydrogens is 246 g/mol. The number of alkyl halides is 1. The minimum absolute atomic E-state index is 0.0126. The first kappa shape index (κ1) is 15.0. The molecule has 100 valence electrons. The molecule has 0 aliphatic carbocycles.